The Hall–Kier alpha value is -1.61. The average molecular weight is 458 g/mol. The van der Waals surface area contributed by atoms with E-state index in [1.807, 2.05) is 24.3 Å². The van der Waals surface area contributed by atoms with Crippen LogP contribution in [0.15, 0.2) is 29.8 Å². The normalized spacial score (nSPS) is 13.0. The van der Waals surface area contributed by atoms with Crippen LogP contribution in [0.3, 0.4) is 0 Å². The van der Waals surface area contributed by atoms with Gasteiger partial charge in [-0.1, -0.05) is 108 Å². The Morgan fingerprint density at radius 2 is 1.24 bits per heavy atom. The van der Waals surface area contributed by atoms with Crippen LogP contribution in [0.5, 0.6) is 0 Å². The van der Waals surface area contributed by atoms with Gasteiger partial charge < -0.3 is 14.4 Å². The number of unbranched alkanes of at least 4 members (excludes halogenated alkanes) is 13. The Bertz CT molecular complexity index is 672. The van der Waals surface area contributed by atoms with Crippen LogP contribution < -0.4 is 5.11 Å². The quantitative estimate of drug-likeness (QED) is 0.199. The van der Waals surface area contributed by atoms with Crippen molar-refractivity contribution in [2.75, 3.05) is 27.7 Å². The van der Waals surface area contributed by atoms with Gasteiger partial charge in [-0.05, 0) is 48.5 Å². The molecule has 1 aromatic rings. The van der Waals surface area contributed by atoms with E-state index >= 15 is 0 Å². The lowest BCUT2D eigenvalue weighted by atomic mass is 9.92. The van der Waals surface area contributed by atoms with E-state index in [0.29, 0.717) is 12.0 Å². The molecule has 0 bridgehead atoms. The molecule has 0 amide bonds. The second kappa shape index (κ2) is 17.8. The Morgan fingerprint density at radius 3 is 1.73 bits per heavy atom. The molecule has 1 aliphatic carbocycles. The van der Waals surface area contributed by atoms with Crippen molar-refractivity contribution in [3.63, 3.8) is 0 Å². The molecule has 3 nitrogen and oxygen atoms in total. The third-order valence-corrected chi connectivity index (χ3v) is 6.49. The van der Waals surface area contributed by atoms with Crippen molar-refractivity contribution < 1.29 is 14.4 Å². The highest BCUT2D eigenvalue weighted by Gasteiger charge is 2.09. The number of aryl methyl sites for hydroxylation is 1. The summed E-state index contributed by atoms with van der Waals surface area (Å²) in [5, 5.41) is 10.6. The Labute approximate surface area is 204 Å². The zero-order valence-electron chi connectivity index (χ0n) is 22.2. The van der Waals surface area contributed by atoms with Gasteiger partial charge in [0.05, 0.1) is 33.7 Å². The van der Waals surface area contributed by atoms with Crippen LogP contribution in [0.25, 0.3) is 6.08 Å². The molecule has 2 rings (SSSR count). The number of benzene rings is 1. The van der Waals surface area contributed by atoms with Crippen molar-refractivity contribution in [1.29, 1.82) is 0 Å². The van der Waals surface area contributed by atoms with Crippen molar-refractivity contribution in [2.24, 2.45) is 0 Å². The van der Waals surface area contributed by atoms with E-state index in [0.717, 1.165) is 16.5 Å². The number of carbonyl (C=O) groups excluding carboxylic acids is 1. The molecule has 0 saturated heterocycles. The van der Waals surface area contributed by atoms with Gasteiger partial charge in [0.15, 0.2) is 0 Å². The van der Waals surface area contributed by atoms with Crippen molar-refractivity contribution in [3.05, 3.63) is 41.0 Å². The Morgan fingerprint density at radius 1 is 0.758 bits per heavy atom. The molecule has 0 heterocycles. The number of fused-ring (bicyclic) bond motifs is 1. The maximum Gasteiger partial charge on any atom is 0.0780 e. The molecule has 0 spiro atoms. The second-order valence-electron chi connectivity index (χ2n) is 10.8. The predicted octanol–water partition coefficient (Wildman–Crippen LogP) is 6.94. The van der Waals surface area contributed by atoms with Gasteiger partial charge in [0.2, 0.25) is 0 Å². The highest BCUT2D eigenvalue weighted by Crippen LogP contribution is 2.23. The number of hydrogen-bond donors (Lipinski definition) is 0. The number of nitrogens with zero attached hydrogens (tertiary/aromatic N) is 1. The first kappa shape index (κ1) is 29.4. The number of rotatable bonds is 16. The molecular formula is C30H51NO2. The largest absolute Gasteiger partial charge is 0.545 e. The average Bonchev–Trinajstić information content (AvgIpc) is 2.78. The van der Waals surface area contributed by atoms with Gasteiger partial charge in [-0.25, -0.2) is 0 Å². The van der Waals surface area contributed by atoms with Gasteiger partial charge in [0, 0.05) is 0 Å². The summed E-state index contributed by atoms with van der Waals surface area (Å²) in [6.45, 7) is 3.63. The summed E-state index contributed by atoms with van der Waals surface area (Å²) in [4.78, 5) is 10.6. The van der Waals surface area contributed by atoms with Crippen LogP contribution in [-0.4, -0.2) is 38.1 Å². The second-order valence-corrected chi connectivity index (χ2v) is 10.8. The predicted molar refractivity (Wildman–Crippen MR) is 141 cm³/mol. The molecule has 1 aliphatic rings. The first-order valence-electron chi connectivity index (χ1n) is 13.6. The first-order chi connectivity index (χ1) is 15.8. The van der Waals surface area contributed by atoms with Crippen LogP contribution in [-0.2, 0) is 11.2 Å². The lowest BCUT2D eigenvalue weighted by molar-refractivity contribution is -0.870. The van der Waals surface area contributed by atoms with Crippen LogP contribution in [0.4, 0.5) is 0 Å². The Balaban J connectivity index is 0.000000357. The minimum atomic E-state index is -1.05. The zero-order chi connectivity index (χ0) is 24.4. The van der Waals surface area contributed by atoms with E-state index in [1.165, 1.54) is 102 Å². The summed E-state index contributed by atoms with van der Waals surface area (Å²) in [5.41, 5.74) is 2.62. The number of aliphatic carboxylic acids is 1. The third-order valence-electron chi connectivity index (χ3n) is 6.49. The molecule has 3 heteroatoms. The van der Waals surface area contributed by atoms with E-state index in [9.17, 15) is 9.90 Å². The number of carbonyl (C=O) groups is 1. The van der Waals surface area contributed by atoms with Gasteiger partial charge in [-0.15, -0.1) is 0 Å². The van der Waals surface area contributed by atoms with Crippen molar-refractivity contribution in [1.82, 2.24) is 0 Å². The molecule has 0 aromatic heterocycles. The van der Waals surface area contributed by atoms with Gasteiger partial charge >= 0.3 is 0 Å². The van der Waals surface area contributed by atoms with Gasteiger partial charge in [0.25, 0.3) is 0 Å². The molecule has 0 unspecified atom stereocenters. The van der Waals surface area contributed by atoms with E-state index in [2.05, 4.69) is 28.1 Å². The number of quaternary nitrogens is 1. The molecule has 0 aliphatic heterocycles. The molecule has 0 fully saturated rings. The number of carboxylic acids is 1. The highest BCUT2D eigenvalue weighted by molar-refractivity contribution is 5.91. The minimum Gasteiger partial charge on any atom is -0.545 e. The summed E-state index contributed by atoms with van der Waals surface area (Å²) in [5.74, 6) is -1.05. The van der Waals surface area contributed by atoms with E-state index < -0.39 is 5.97 Å². The maximum atomic E-state index is 10.6. The lowest BCUT2D eigenvalue weighted by Crippen LogP contribution is -2.35. The molecule has 33 heavy (non-hydrogen) atoms. The molecule has 1 aromatic carbocycles. The van der Waals surface area contributed by atoms with Gasteiger partial charge in [0.1, 0.15) is 0 Å². The van der Waals surface area contributed by atoms with E-state index in [4.69, 9.17) is 0 Å². The summed E-state index contributed by atoms with van der Waals surface area (Å²) in [6, 6.07) is 7.83. The maximum absolute atomic E-state index is 10.6. The van der Waals surface area contributed by atoms with Crippen LogP contribution in [0.1, 0.15) is 114 Å². The fraction of sp³-hybridized carbons (Fsp3) is 0.700. The number of hydrogen-bond acceptors (Lipinski definition) is 2. The molecule has 0 radical (unpaired) electrons. The minimum absolute atomic E-state index is 0.402. The van der Waals surface area contributed by atoms with Crippen LogP contribution in [0.2, 0.25) is 0 Å². The van der Waals surface area contributed by atoms with E-state index in [1.54, 1.807) is 6.08 Å². The van der Waals surface area contributed by atoms with Crippen molar-refractivity contribution in [2.45, 2.75) is 110 Å². The smallest absolute Gasteiger partial charge is 0.0780 e. The Kier molecular flexibility index (Phi) is 15.9. The summed E-state index contributed by atoms with van der Waals surface area (Å²) in [7, 11) is 6.88. The molecule has 188 valence electrons. The van der Waals surface area contributed by atoms with Gasteiger partial charge in [-0.3, -0.25) is 0 Å². The van der Waals surface area contributed by atoms with Crippen molar-refractivity contribution >= 4 is 12.0 Å². The standard InChI is InChI=1S/C19H42N.C11H10O2/c1-5-6-7-8-9-10-11-12-13-14-15-16-17-18-19-20(2,3)4;12-11(13)10-6-5-8-3-1-2-4-9(8)7-10/h5-19H2,1-4H3;1-4,7H,5-6H2,(H,12,13)/q+1;/p-1. The molecule has 0 atom stereocenters. The summed E-state index contributed by atoms with van der Waals surface area (Å²) < 4.78 is 1.12. The molecular weight excluding hydrogens is 406 g/mol. The number of carboxylic acid groups (broad SMARTS) is 1. The molecule has 0 saturated carbocycles. The van der Waals surface area contributed by atoms with E-state index in [-0.39, 0.29) is 0 Å². The first-order valence-corrected chi connectivity index (χ1v) is 13.6. The lowest BCUT2D eigenvalue weighted by Gasteiger charge is -2.23. The van der Waals surface area contributed by atoms with Crippen molar-refractivity contribution in [3.8, 4) is 0 Å². The van der Waals surface area contributed by atoms with Crippen LogP contribution in [0, 0.1) is 0 Å². The highest BCUT2D eigenvalue weighted by atomic mass is 16.4. The molecule has 0 N–H and O–H groups in total. The topological polar surface area (TPSA) is 40.1 Å². The zero-order valence-corrected chi connectivity index (χ0v) is 22.2. The SMILES string of the molecule is CCCCCCCCCCCCCCCC[N+](C)(C)C.O=C([O-])C1=Cc2ccccc2CC1. The fourth-order valence-electron chi connectivity index (χ4n) is 4.37. The van der Waals surface area contributed by atoms with Gasteiger partial charge in [-0.2, -0.15) is 0 Å². The third kappa shape index (κ3) is 15.8. The monoisotopic (exact) mass is 457 g/mol. The summed E-state index contributed by atoms with van der Waals surface area (Å²) in [6.07, 6.45) is 23.5. The van der Waals surface area contributed by atoms with Crippen LogP contribution >= 0.6 is 0 Å². The summed E-state index contributed by atoms with van der Waals surface area (Å²) >= 11 is 0. The fourth-order valence-corrected chi connectivity index (χ4v) is 4.37.